The maximum Gasteiger partial charge on any atom is 0.241 e. The van der Waals surface area contributed by atoms with Crippen LogP contribution >= 0.6 is 0 Å². The average molecular weight is 219 g/mol. The van der Waals surface area contributed by atoms with Gasteiger partial charge in [-0.25, -0.2) is 13.6 Å². The van der Waals surface area contributed by atoms with Gasteiger partial charge >= 0.3 is 0 Å². The molecule has 0 spiro atoms. The Balaban J connectivity index is 3.40. The van der Waals surface area contributed by atoms with Gasteiger partial charge in [0.1, 0.15) is 4.90 Å². The molecule has 1 heterocycles. The molecule has 1 rings (SSSR count). The lowest BCUT2D eigenvalue weighted by atomic mass is 10.3. The minimum Gasteiger partial charge on any atom is -0.396 e. The zero-order valence-electron chi connectivity index (χ0n) is 8.06. The van der Waals surface area contributed by atoms with E-state index in [-0.39, 0.29) is 17.9 Å². The van der Waals surface area contributed by atoms with Crippen LogP contribution in [0.4, 0.5) is 0 Å². The number of nitrogens with two attached hydrogens (primary N) is 1. The maximum absolute atomic E-state index is 11.2. The number of aromatic nitrogens is 2. The highest BCUT2D eigenvalue weighted by molar-refractivity contribution is 7.89. The first-order valence-corrected chi connectivity index (χ1v) is 5.58. The molecule has 1 aromatic heterocycles. The van der Waals surface area contributed by atoms with Crippen molar-refractivity contribution >= 4 is 10.0 Å². The molecular formula is C7H13N3O3S. The second kappa shape index (κ2) is 3.68. The molecule has 7 heteroatoms. The highest BCUT2D eigenvalue weighted by atomic mass is 32.2. The Morgan fingerprint density at radius 2 is 2.14 bits per heavy atom. The fraction of sp³-hybridized carbons (Fsp3) is 0.571. The molecule has 3 N–H and O–H groups in total. The molecule has 0 unspecified atom stereocenters. The zero-order valence-corrected chi connectivity index (χ0v) is 8.87. The molecule has 80 valence electrons. The van der Waals surface area contributed by atoms with Crippen molar-refractivity contribution in [1.82, 2.24) is 9.78 Å². The zero-order chi connectivity index (χ0) is 10.9. The van der Waals surface area contributed by atoms with E-state index in [4.69, 9.17) is 10.2 Å². The van der Waals surface area contributed by atoms with Crippen LogP contribution in [-0.4, -0.2) is 29.9 Å². The Morgan fingerprint density at radius 1 is 1.57 bits per heavy atom. The van der Waals surface area contributed by atoms with Crippen LogP contribution in [0.5, 0.6) is 0 Å². The summed E-state index contributed by atoms with van der Waals surface area (Å²) in [6.07, 6.45) is 0.225. The van der Waals surface area contributed by atoms with Crippen molar-refractivity contribution in [3.8, 4) is 0 Å². The third-order valence-corrected chi connectivity index (χ3v) is 3.01. The highest BCUT2D eigenvalue weighted by Gasteiger charge is 2.21. The Bertz CT molecular complexity index is 435. The average Bonchev–Trinajstić information content (AvgIpc) is 2.26. The van der Waals surface area contributed by atoms with Crippen molar-refractivity contribution in [3.63, 3.8) is 0 Å². The first kappa shape index (κ1) is 11.2. The van der Waals surface area contributed by atoms with Crippen LogP contribution < -0.4 is 5.14 Å². The van der Waals surface area contributed by atoms with Gasteiger partial charge in [0, 0.05) is 20.1 Å². The third-order valence-electron chi connectivity index (χ3n) is 1.91. The molecule has 0 aliphatic heterocycles. The maximum atomic E-state index is 11.2. The lowest BCUT2D eigenvalue weighted by molar-refractivity contribution is 0.295. The topological polar surface area (TPSA) is 98.2 Å². The quantitative estimate of drug-likeness (QED) is 0.675. The number of sulfonamides is 1. The van der Waals surface area contributed by atoms with Gasteiger partial charge in [-0.3, -0.25) is 4.68 Å². The summed E-state index contributed by atoms with van der Waals surface area (Å²) < 4.78 is 23.8. The van der Waals surface area contributed by atoms with E-state index in [9.17, 15) is 8.42 Å². The molecule has 14 heavy (non-hydrogen) atoms. The normalized spacial score (nSPS) is 12.0. The summed E-state index contributed by atoms with van der Waals surface area (Å²) in [7, 11) is -2.14. The molecule has 6 nitrogen and oxygen atoms in total. The third kappa shape index (κ3) is 1.94. The Labute approximate surface area is 82.4 Å². The lowest BCUT2D eigenvalue weighted by Gasteiger charge is -2.02. The minimum atomic E-state index is -3.76. The molecule has 0 fully saturated rings. The van der Waals surface area contributed by atoms with E-state index >= 15 is 0 Å². The smallest absolute Gasteiger partial charge is 0.241 e. The van der Waals surface area contributed by atoms with Gasteiger partial charge in [-0.05, 0) is 6.92 Å². The molecule has 0 aromatic carbocycles. The summed E-state index contributed by atoms with van der Waals surface area (Å²) in [4.78, 5) is 0.0223. The van der Waals surface area contributed by atoms with E-state index in [0.717, 1.165) is 0 Å². The van der Waals surface area contributed by atoms with Crippen molar-refractivity contribution in [1.29, 1.82) is 0 Å². The second-order valence-corrected chi connectivity index (χ2v) is 4.50. The summed E-state index contributed by atoms with van der Waals surface area (Å²) in [5, 5.41) is 17.7. The highest BCUT2D eigenvalue weighted by Crippen LogP contribution is 2.17. The van der Waals surface area contributed by atoms with E-state index in [1.807, 2.05) is 0 Å². The van der Waals surface area contributed by atoms with Gasteiger partial charge in [0.2, 0.25) is 10.0 Å². The summed E-state index contributed by atoms with van der Waals surface area (Å²) in [6.45, 7) is 1.43. The lowest BCUT2D eigenvalue weighted by Crippen LogP contribution is -2.16. The Kier molecular flexibility index (Phi) is 2.93. The summed E-state index contributed by atoms with van der Waals surface area (Å²) in [5.41, 5.74) is 0.797. The van der Waals surface area contributed by atoms with Gasteiger partial charge in [-0.15, -0.1) is 0 Å². The van der Waals surface area contributed by atoms with E-state index < -0.39 is 10.0 Å². The van der Waals surface area contributed by atoms with Crippen LogP contribution in [0, 0.1) is 6.92 Å². The molecule has 0 saturated heterocycles. The SMILES string of the molecule is Cc1nn(C)c(CCO)c1S(N)(=O)=O. The fourth-order valence-corrected chi connectivity index (χ4v) is 2.45. The van der Waals surface area contributed by atoms with E-state index in [2.05, 4.69) is 5.10 Å². The predicted molar refractivity (Wildman–Crippen MR) is 50.1 cm³/mol. The number of aliphatic hydroxyl groups is 1. The number of hydrogen-bond acceptors (Lipinski definition) is 4. The molecule has 0 aliphatic carbocycles. The standard InChI is InChI=1S/C7H13N3O3S/c1-5-7(14(8,12)13)6(3-4-11)10(2)9-5/h11H,3-4H2,1-2H3,(H2,8,12,13). The number of hydrogen-bond donors (Lipinski definition) is 2. The van der Waals surface area contributed by atoms with Gasteiger partial charge in [0.15, 0.2) is 0 Å². The van der Waals surface area contributed by atoms with E-state index in [1.54, 1.807) is 14.0 Å². The largest absolute Gasteiger partial charge is 0.396 e. The molecule has 0 atom stereocenters. The van der Waals surface area contributed by atoms with Crippen LogP contribution in [0.2, 0.25) is 0 Å². The first-order valence-electron chi connectivity index (χ1n) is 4.04. The minimum absolute atomic E-state index is 0.0223. The summed E-state index contributed by atoms with van der Waals surface area (Å²) in [5.74, 6) is 0. The van der Waals surface area contributed by atoms with Crippen molar-refractivity contribution in [2.24, 2.45) is 12.2 Å². The van der Waals surface area contributed by atoms with Gasteiger partial charge in [0.05, 0.1) is 11.4 Å². The first-order chi connectivity index (χ1) is 6.38. The van der Waals surface area contributed by atoms with E-state index in [1.165, 1.54) is 4.68 Å². The van der Waals surface area contributed by atoms with Gasteiger partial charge in [-0.1, -0.05) is 0 Å². The van der Waals surface area contributed by atoms with Crippen LogP contribution in [0.3, 0.4) is 0 Å². The number of aliphatic hydroxyl groups excluding tert-OH is 1. The Morgan fingerprint density at radius 3 is 2.57 bits per heavy atom. The molecular weight excluding hydrogens is 206 g/mol. The molecule has 0 amide bonds. The Hall–Kier alpha value is -0.920. The number of nitrogens with zero attached hydrogens (tertiary/aromatic N) is 2. The van der Waals surface area contributed by atoms with Crippen molar-refractivity contribution < 1.29 is 13.5 Å². The molecule has 0 aliphatic rings. The summed E-state index contributed by atoms with van der Waals surface area (Å²) >= 11 is 0. The van der Waals surface area contributed by atoms with Gasteiger partial charge < -0.3 is 5.11 Å². The van der Waals surface area contributed by atoms with Crippen LogP contribution in [0.25, 0.3) is 0 Å². The van der Waals surface area contributed by atoms with Crippen LogP contribution in [0.1, 0.15) is 11.4 Å². The number of aryl methyl sites for hydroxylation is 2. The van der Waals surface area contributed by atoms with Gasteiger partial charge in [0.25, 0.3) is 0 Å². The summed E-state index contributed by atoms with van der Waals surface area (Å²) in [6, 6.07) is 0. The van der Waals surface area contributed by atoms with Crippen molar-refractivity contribution in [3.05, 3.63) is 11.4 Å². The van der Waals surface area contributed by atoms with Crippen LogP contribution in [0.15, 0.2) is 4.90 Å². The van der Waals surface area contributed by atoms with Gasteiger partial charge in [-0.2, -0.15) is 5.10 Å². The van der Waals surface area contributed by atoms with Crippen molar-refractivity contribution in [2.45, 2.75) is 18.2 Å². The second-order valence-electron chi connectivity index (χ2n) is 3.00. The number of rotatable bonds is 3. The monoisotopic (exact) mass is 219 g/mol. The molecule has 1 aromatic rings. The molecule has 0 radical (unpaired) electrons. The predicted octanol–water partition coefficient (Wildman–Crippen LogP) is -1.09. The number of primary sulfonamides is 1. The molecule has 0 saturated carbocycles. The van der Waals surface area contributed by atoms with Crippen molar-refractivity contribution in [2.75, 3.05) is 6.61 Å². The fourth-order valence-electron chi connectivity index (χ4n) is 1.44. The molecule has 0 bridgehead atoms. The van der Waals surface area contributed by atoms with E-state index in [0.29, 0.717) is 11.4 Å². The van der Waals surface area contributed by atoms with Crippen LogP contribution in [-0.2, 0) is 23.5 Å².